The van der Waals surface area contributed by atoms with Crippen LogP contribution in [0.5, 0.6) is 5.75 Å². The van der Waals surface area contributed by atoms with Crippen molar-refractivity contribution >= 4 is 5.97 Å². The van der Waals surface area contributed by atoms with E-state index in [9.17, 15) is 4.79 Å². The van der Waals surface area contributed by atoms with E-state index in [0.717, 1.165) is 11.1 Å². The maximum atomic E-state index is 10.8. The monoisotopic (exact) mass is 186 g/mol. The van der Waals surface area contributed by atoms with Gasteiger partial charge in [-0.15, -0.1) is 0 Å². The van der Waals surface area contributed by atoms with Crippen molar-refractivity contribution in [3.8, 4) is 16.9 Å². The highest BCUT2D eigenvalue weighted by atomic mass is 16.5. The first-order chi connectivity index (χ1) is 6.75. The first kappa shape index (κ1) is 8.75. The van der Waals surface area contributed by atoms with Gasteiger partial charge in [-0.1, -0.05) is 30.3 Å². The molecule has 0 saturated heterocycles. The fourth-order valence-electron chi connectivity index (χ4n) is 1.41. The fraction of sp³-hybridized carbons (Fsp3) is 0.0833. The Bertz CT molecular complexity index is 434. The van der Waals surface area contributed by atoms with Crippen LogP contribution in [0.4, 0.5) is 0 Å². The van der Waals surface area contributed by atoms with Crippen LogP contribution in [0.25, 0.3) is 11.1 Å². The van der Waals surface area contributed by atoms with Gasteiger partial charge in [0.15, 0.2) is 0 Å². The molecular weight excluding hydrogens is 176 g/mol. The number of esters is 1. The van der Waals surface area contributed by atoms with Crippen molar-refractivity contribution < 1.29 is 9.53 Å². The van der Waals surface area contributed by atoms with Gasteiger partial charge in [0.05, 0.1) is 0 Å². The third-order valence-corrected chi connectivity index (χ3v) is 1.98. The number of hydrogen-bond acceptors (Lipinski definition) is 2. The second kappa shape index (κ2) is 3.50. The van der Waals surface area contributed by atoms with Crippen molar-refractivity contribution in [2.24, 2.45) is 0 Å². The number of carbonyl (C=O) groups is 1. The highest BCUT2D eigenvalue weighted by Gasteiger charge is 2.02. The van der Waals surface area contributed by atoms with E-state index in [2.05, 4.69) is 0 Å². The van der Waals surface area contributed by atoms with Gasteiger partial charge in [-0.05, 0) is 23.3 Å². The number of ether oxygens (including phenoxy) is 1. The lowest BCUT2D eigenvalue weighted by Crippen LogP contribution is -2.00. The molecule has 0 bridgehead atoms. The summed E-state index contributed by atoms with van der Waals surface area (Å²) in [7, 11) is 0. The maximum absolute atomic E-state index is 10.8. The van der Waals surface area contributed by atoms with Gasteiger partial charge in [-0.25, -0.2) is 0 Å². The average Bonchev–Trinajstić information content (AvgIpc) is 2.44. The number of rotatable bonds is 1. The van der Waals surface area contributed by atoms with Gasteiger partial charge in [0.25, 0.3) is 0 Å². The molecule has 0 amide bonds. The van der Waals surface area contributed by atoms with Gasteiger partial charge < -0.3 is 4.74 Å². The standard InChI is InChI=1S/C12H10O2/c1-9(13)14-12-7-3-5-10-4-2-6-11(10)8-12/h2-8H,1H3. The minimum atomic E-state index is -0.295. The van der Waals surface area contributed by atoms with Gasteiger partial charge in [0.2, 0.25) is 0 Å². The summed E-state index contributed by atoms with van der Waals surface area (Å²) < 4.78 is 5.01. The molecular formula is C12H10O2. The van der Waals surface area contributed by atoms with Gasteiger partial charge in [0, 0.05) is 6.92 Å². The van der Waals surface area contributed by atoms with Crippen molar-refractivity contribution in [3.05, 3.63) is 42.5 Å². The van der Waals surface area contributed by atoms with Gasteiger partial charge >= 0.3 is 5.97 Å². The SMILES string of the molecule is CC(=O)Oc1cccc2cccc-2c1. The minimum Gasteiger partial charge on any atom is -0.427 e. The zero-order chi connectivity index (χ0) is 9.97. The lowest BCUT2D eigenvalue weighted by atomic mass is 10.2. The average molecular weight is 186 g/mol. The molecule has 0 fully saturated rings. The first-order valence-electron chi connectivity index (χ1n) is 4.43. The molecule has 0 radical (unpaired) electrons. The van der Waals surface area contributed by atoms with Crippen LogP contribution < -0.4 is 4.74 Å². The van der Waals surface area contributed by atoms with Crippen LogP contribution in [-0.4, -0.2) is 5.97 Å². The number of hydrogen-bond donors (Lipinski definition) is 0. The van der Waals surface area contributed by atoms with Crippen LogP contribution in [-0.2, 0) is 4.79 Å². The molecule has 0 atom stereocenters. The van der Waals surface area contributed by atoms with Gasteiger partial charge in [-0.3, -0.25) is 4.79 Å². The summed E-state index contributed by atoms with van der Waals surface area (Å²) in [5, 5.41) is 0. The summed E-state index contributed by atoms with van der Waals surface area (Å²) in [6, 6.07) is 13.5. The Kier molecular flexibility index (Phi) is 2.19. The van der Waals surface area contributed by atoms with Crippen LogP contribution in [0.15, 0.2) is 42.5 Å². The predicted octanol–water partition coefficient (Wildman–Crippen LogP) is 2.72. The molecule has 0 heterocycles. The van der Waals surface area contributed by atoms with Gasteiger partial charge in [-0.2, -0.15) is 0 Å². The quantitative estimate of drug-likeness (QED) is 0.640. The molecule has 2 aliphatic rings. The van der Waals surface area contributed by atoms with E-state index >= 15 is 0 Å². The molecule has 2 aliphatic carbocycles. The first-order valence-corrected chi connectivity index (χ1v) is 4.43. The summed E-state index contributed by atoms with van der Waals surface area (Å²) in [6.07, 6.45) is 0. The van der Waals surface area contributed by atoms with E-state index < -0.39 is 0 Å². The predicted molar refractivity (Wildman–Crippen MR) is 54.4 cm³/mol. The van der Waals surface area contributed by atoms with E-state index in [1.807, 2.05) is 36.4 Å². The summed E-state index contributed by atoms with van der Waals surface area (Å²) in [5.41, 5.74) is 2.22. The Labute approximate surface area is 82.5 Å². The summed E-state index contributed by atoms with van der Waals surface area (Å²) >= 11 is 0. The lowest BCUT2D eigenvalue weighted by molar-refractivity contribution is -0.131. The van der Waals surface area contributed by atoms with Crippen molar-refractivity contribution in [1.82, 2.24) is 0 Å². The second-order valence-corrected chi connectivity index (χ2v) is 3.10. The molecule has 0 aliphatic heterocycles. The molecule has 0 saturated carbocycles. The van der Waals surface area contributed by atoms with E-state index in [0.29, 0.717) is 5.75 Å². The van der Waals surface area contributed by atoms with Crippen LogP contribution in [0.2, 0.25) is 0 Å². The maximum Gasteiger partial charge on any atom is 0.308 e. The largest absolute Gasteiger partial charge is 0.427 e. The van der Waals surface area contributed by atoms with E-state index in [-0.39, 0.29) is 5.97 Å². The molecule has 0 spiro atoms. The van der Waals surface area contributed by atoms with E-state index in [1.165, 1.54) is 6.92 Å². The molecule has 0 aromatic carbocycles. The Balaban J connectivity index is 2.43. The third-order valence-electron chi connectivity index (χ3n) is 1.98. The van der Waals surface area contributed by atoms with E-state index in [4.69, 9.17) is 4.74 Å². The van der Waals surface area contributed by atoms with Gasteiger partial charge in [0.1, 0.15) is 5.75 Å². The summed E-state index contributed by atoms with van der Waals surface area (Å²) in [6.45, 7) is 1.40. The highest BCUT2D eigenvalue weighted by molar-refractivity contribution is 5.72. The molecule has 2 heteroatoms. The Morgan fingerprint density at radius 3 is 2.43 bits per heavy atom. The highest BCUT2D eigenvalue weighted by Crippen LogP contribution is 2.25. The molecule has 0 aromatic heterocycles. The summed E-state index contributed by atoms with van der Waals surface area (Å²) in [4.78, 5) is 10.8. The normalized spacial score (nSPS) is 10.1. The van der Waals surface area contributed by atoms with Crippen LogP contribution >= 0.6 is 0 Å². The van der Waals surface area contributed by atoms with Crippen molar-refractivity contribution in [2.45, 2.75) is 6.92 Å². The molecule has 70 valence electrons. The van der Waals surface area contributed by atoms with Crippen LogP contribution in [0.3, 0.4) is 0 Å². The Morgan fingerprint density at radius 2 is 1.71 bits per heavy atom. The molecule has 2 nitrogen and oxygen atoms in total. The molecule has 14 heavy (non-hydrogen) atoms. The minimum absolute atomic E-state index is 0.295. The topological polar surface area (TPSA) is 26.3 Å². The third kappa shape index (κ3) is 1.74. The molecule has 0 unspecified atom stereocenters. The Morgan fingerprint density at radius 1 is 1.07 bits per heavy atom. The summed E-state index contributed by atoms with van der Waals surface area (Å²) in [5.74, 6) is 0.287. The van der Waals surface area contributed by atoms with Crippen molar-refractivity contribution in [1.29, 1.82) is 0 Å². The Hall–Kier alpha value is -1.83. The number of fused-ring (bicyclic) bond motifs is 1. The molecule has 2 rings (SSSR count). The van der Waals surface area contributed by atoms with Crippen LogP contribution in [0, 0.1) is 0 Å². The van der Waals surface area contributed by atoms with Crippen molar-refractivity contribution in [3.63, 3.8) is 0 Å². The molecule has 0 N–H and O–H groups in total. The van der Waals surface area contributed by atoms with Crippen molar-refractivity contribution in [2.75, 3.05) is 0 Å². The molecule has 0 aromatic rings. The lowest BCUT2D eigenvalue weighted by Gasteiger charge is -1.97. The van der Waals surface area contributed by atoms with E-state index in [1.54, 1.807) is 6.07 Å². The van der Waals surface area contributed by atoms with Crippen LogP contribution in [0.1, 0.15) is 6.92 Å². The second-order valence-electron chi connectivity index (χ2n) is 3.10. The number of carbonyl (C=O) groups excluding carboxylic acids is 1. The zero-order valence-electron chi connectivity index (χ0n) is 7.86. The zero-order valence-corrected chi connectivity index (χ0v) is 7.86. The smallest absolute Gasteiger partial charge is 0.308 e. The fourth-order valence-corrected chi connectivity index (χ4v) is 1.41.